The zero-order valence-corrected chi connectivity index (χ0v) is 12.0. The van der Waals surface area contributed by atoms with E-state index >= 15 is 0 Å². The Kier molecular flexibility index (Phi) is 8.34. The van der Waals surface area contributed by atoms with Gasteiger partial charge < -0.3 is 5.11 Å². The lowest BCUT2D eigenvalue weighted by atomic mass is 9.90. The molecule has 0 radical (unpaired) electrons. The minimum atomic E-state index is -1.29. The highest BCUT2D eigenvalue weighted by molar-refractivity contribution is 6.33. The van der Waals surface area contributed by atoms with Crippen molar-refractivity contribution < 1.29 is 14.7 Å². The second kappa shape index (κ2) is 8.90. The molecule has 1 N–H and O–H groups in total. The molecule has 0 fully saturated rings. The SMILES string of the molecule is CCC(CCC(C)CCC=C(C)C)C(=O)C(=O)O. The quantitative estimate of drug-likeness (QED) is 0.502. The number of ketones is 1. The molecule has 0 spiro atoms. The topological polar surface area (TPSA) is 54.4 Å². The highest BCUT2D eigenvalue weighted by Gasteiger charge is 2.23. The van der Waals surface area contributed by atoms with Gasteiger partial charge in [0.25, 0.3) is 0 Å². The van der Waals surface area contributed by atoms with Gasteiger partial charge in [-0.25, -0.2) is 4.79 Å². The van der Waals surface area contributed by atoms with Gasteiger partial charge in [0.15, 0.2) is 0 Å². The Bertz CT molecular complexity index is 301. The predicted octanol–water partition coefficient (Wildman–Crippen LogP) is 3.83. The van der Waals surface area contributed by atoms with Crippen molar-refractivity contribution in [1.29, 1.82) is 0 Å². The minimum absolute atomic E-state index is 0.312. The average Bonchev–Trinajstić information content (AvgIpc) is 2.28. The number of carbonyl (C=O) groups excluding carboxylic acids is 1. The fourth-order valence-corrected chi connectivity index (χ4v) is 1.98. The number of rotatable bonds is 9. The first kappa shape index (κ1) is 16.9. The Morgan fingerprint density at radius 2 is 1.78 bits per heavy atom. The van der Waals surface area contributed by atoms with Gasteiger partial charge in [-0.2, -0.15) is 0 Å². The molecule has 2 atom stereocenters. The van der Waals surface area contributed by atoms with Crippen molar-refractivity contribution in [3.05, 3.63) is 11.6 Å². The molecular formula is C15H26O3. The monoisotopic (exact) mass is 254 g/mol. The third-order valence-corrected chi connectivity index (χ3v) is 3.29. The third-order valence-electron chi connectivity index (χ3n) is 3.29. The molecule has 0 aliphatic carbocycles. The van der Waals surface area contributed by atoms with Crippen molar-refractivity contribution >= 4 is 11.8 Å². The maximum atomic E-state index is 11.4. The van der Waals surface area contributed by atoms with Crippen molar-refractivity contribution in [2.45, 2.75) is 59.8 Å². The molecule has 0 aromatic rings. The van der Waals surface area contributed by atoms with Gasteiger partial charge in [0.2, 0.25) is 5.78 Å². The molecule has 0 saturated heterocycles. The molecule has 0 rings (SSSR count). The zero-order chi connectivity index (χ0) is 14.1. The molecule has 0 saturated carbocycles. The smallest absolute Gasteiger partial charge is 0.372 e. The molecule has 0 bridgehead atoms. The molecule has 3 nitrogen and oxygen atoms in total. The molecule has 0 aromatic heterocycles. The Hall–Kier alpha value is -1.12. The summed E-state index contributed by atoms with van der Waals surface area (Å²) in [5.41, 5.74) is 1.33. The van der Waals surface area contributed by atoms with Crippen LogP contribution in [0.5, 0.6) is 0 Å². The van der Waals surface area contributed by atoms with Crippen LogP contribution in [0.4, 0.5) is 0 Å². The summed E-state index contributed by atoms with van der Waals surface area (Å²) in [6.07, 6.45) is 6.61. The molecule has 0 aliphatic rings. The van der Waals surface area contributed by atoms with Crippen LogP contribution in [-0.2, 0) is 9.59 Å². The second-order valence-electron chi connectivity index (χ2n) is 5.32. The second-order valence-corrected chi connectivity index (χ2v) is 5.32. The summed E-state index contributed by atoms with van der Waals surface area (Å²) in [6, 6.07) is 0. The van der Waals surface area contributed by atoms with Crippen LogP contribution in [0.2, 0.25) is 0 Å². The van der Waals surface area contributed by atoms with Crippen molar-refractivity contribution in [2.75, 3.05) is 0 Å². The normalized spacial score (nSPS) is 13.8. The summed E-state index contributed by atoms with van der Waals surface area (Å²) in [4.78, 5) is 22.0. The molecule has 104 valence electrons. The summed E-state index contributed by atoms with van der Waals surface area (Å²) in [6.45, 7) is 8.21. The maximum Gasteiger partial charge on any atom is 0.372 e. The van der Waals surface area contributed by atoms with Crippen LogP contribution in [0.15, 0.2) is 11.6 Å². The van der Waals surface area contributed by atoms with E-state index in [1.54, 1.807) is 0 Å². The van der Waals surface area contributed by atoms with Crippen LogP contribution < -0.4 is 0 Å². The summed E-state index contributed by atoms with van der Waals surface area (Å²) >= 11 is 0. The van der Waals surface area contributed by atoms with Crippen LogP contribution in [0.25, 0.3) is 0 Å². The van der Waals surface area contributed by atoms with Gasteiger partial charge in [-0.15, -0.1) is 0 Å². The third kappa shape index (κ3) is 7.25. The Balaban J connectivity index is 4.02. The van der Waals surface area contributed by atoms with E-state index in [-0.39, 0.29) is 5.92 Å². The van der Waals surface area contributed by atoms with Crippen LogP contribution in [-0.4, -0.2) is 16.9 Å². The lowest BCUT2D eigenvalue weighted by molar-refractivity contribution is -0.151. The summed E-state index contributed by atoms with van der Waals surface area (Å²) in [5, 5.41) is 8.69. The van der Waals surface area contributed by atoms with E-state index < -0.39 is 11.8 Å². The van der Waals surface area contributed by atoms with Crippen molar-refractivity contribution in [3.63, 3.8) is 0 Å². The molecule has 0 heterocycles. The van der Waals surface area contributed by atoms with Gasteiger partial charge in [-0.05, 0) is 51.9 Å². The minimum Gasteiger partial charge on any atom is -0.475 e. The van der Waals surface area contributed by atoms with Gasteiger partial charge in [-0.3, -0.25) is 4.79 Å². The van der Waals surface area contributed by atoms with Crippen LogP contribution >= 0.6 is 0 Å². The highest BCUT2D eigenvalue weighted by atomic mass is 16.4. The van der Waals surface area contributed by atoms with Gasteiger partial charge in [0.05, 0.1) is 0 Å². The number of carbonyl (C=O) groups is 2. The molecule has 0 aromatic carbocycles. The van der Waals surface area contributed by atoms with E-state index in [9.17, 15) is 9.59 Å². The molecule has 3 heteroatoms. The Morgan fingerprint density at radius 3 is 2.22 bits per heavy atom. The first-order chi connectivity index (χ1) is 8.38. The fourth-order valence-electron chi connectivity index (χ4n) is 1.98. The summed E-state index contributed by atoms with van der Waals surface area (Å²) in [5.74, 6) is -1.70. The number of hydrogen-bond donors (Lipinski definition) is 1. The molecule has 0 amide bonds. The molecular weight excluding hydrogens is 228 g/mol. The average molecular weight is 254 g/mol. The number of carboxylic acids is 1. The van der Waals surface area contributed by atoms with Gasteiger partial charge in [0, 0.05) is 5.92 Å². The van der Waals surface area contributed by atoms with Crippen molar-refractivity contribution in [2.24, 2.45) is 11.8 Å². The number of aliphatic carboxylic acids is 1. The van der Waals surface area contributed by atoms with Crippen LogP contribution in [0.1, 0.15) is 59.8 Å². The first-order valence-corrected chi connectivity index (χ1v) is 6.78. The molecule has 0 aliphatic heterocycles. The van der Waals surface area contributed by atoms with Crippen LogP contribution in [0, 0.1) is 11.8 Å². The van der Waals surface area contributed by atoms with Gasteiger partial charge in [0.1, 0.15) is 0 Å². The van der Waals surface area contributed by atoms with E-state index in [1.165, 1.54) is 5.57 Å². The van der Waals surface area contributed by atoms with E-state index in [2.05, 4.69) is 26.8 Å². The number of hydrogen-bond acceptors (Lipinski definition) is 2. The zero-order valence-electron chi connectivity index (χ0n) is 12.0. The lowest BCUT2D eigenvalue weighted by Crippen LogP contribution is -2.23. The largest absolute Gasteiger partial charge is 0.475 e. The van der Waals surface area contributed by atoms with Crippen LogP contribution in [0.3, 0.4) is 0 Å². The van der Waals surface area contributed by atoms with Crippen molar-refractivity contribution in [1.82, 2.24) is 0 Å². The van der Waals surface area contributed by atoms with E-state index in [1.807, 2.05) is 6.92 Å². The highest BCUT2D eigenvalue weighted by Crippen LogP contribution is 2.20. The molecule has 2 unspecified atom stereocenters. The van der Waals surface area contributed by atoms with E-state index in [0.717, 1.165) is 19.3 Å². The number of carboxylic acid groups (broad SMARTS) is 1. The first-order valence-electron chi connectivity index (χ1n) is 6.78. The molecule has 18 heavy (non-hydrogen) atoms. The lowest BCUT2D eigenvalue weighted by Gasteiger charge is -2.14. The summed E-state index contributed by atoms with van der Waals surface area (Å²) < 4.78 is 0. The standard InChI is InChI=1S/C15H26O3/c1-5-13(14(16)15(17)18)10-9-12(4)8-6-7-11(2)3/h7,12-13H,5-6,8-10H2,1-4H3,(H,17,18). The Labute approximate surface area is 110 Å². The predicted molar refractivity (Wildman–Crippen MR) is 73.5 cm³/mol. The summed E-state index contributed by atoms with van der Waals surface area (Å²) in [7, 11) is 0. The van der Waals surface area contributed by atoms with Crippen molar-refractivity contribution in [3.8, 4) is 0 Å². The maximum absolute atomic E-state index is 11.4. The van der Waals surface area contributed by atoms with E-state index in [4.69, 9.17) is 5.11 Å². The fraction of sp³-hybridized carbons (Fsp3) is 0.733. The number of allylic oxidation sites excluding steroid dienone is 2. The Morgan fingerprint density at radius 1 is 1.17 bits per heavy atom. The van der Waals surface area contributed by atoms with Gasteiger partial charge in [-0.1, -0.05) is 25.5 Å². The van der Waals surface area contributed by atoms with Gasteiger partial charge >= 0.3 is 5.97 Å². The van der Waals surface area contributed by atoms with E-state index in [0.29, 0.717) is 18.8 Å². The number of Topliss-reactive ketones (excluding diaryl/α,β-unsaturated/α-hetero) is 1.